The maximum Gasteiger partial charge on any atom is 0.178 e. The fourth-order valence-electron chi connectivity index (χ4n) is 2.69. The van der Waals surface area contributed by atoms with Crippen LogP contribution in [0.3, 0.4) is 0 Å². The van der Waals surface area contributed by atoms with Gasteiger partial charge in [-0.1, -0.05) is 30.3 Å². The van der Waals surface area contributed by atoms with Gasteiger partial charge in [-0.15, -0.1) is 11.3 Å². The van der Waals surface area contributed by atoms with E-state index >= 15 is 0 Å². The molecule has 4 rings (SSSR count). The lowest BCUT2D eigenvalue weighted by atomic mass is 10.2. The number of carbonyl (C=O) groups excluding carboxylic acids is 1. The minimum atomic E-state index is 0.0289. The Morgan fingerprint density at radius 3 is 2.76 bits per heavy atom. The van der Waals surface area contributed by atoms with Crippen LogP contribution in [0, 0.1) is 0 Å². The van der Waals surface area contributed by atoms with Gasteiger partial charge in [0.2, 0.25) is 0 Å². The predicted molar refractivity (Wildman–Crippen MR) is 86.0 cm³/mol. The Morgan fingerprint density at radius 2 is 2.00 bits per heavy atom. The third-order valence-corrected chi connectivity index (χ3v) is 4.48. The number of fused-ring (bicyclic) bond motifs is 3. The molecular formula is C17H12N2OS. The van der Waals surface area contributed by atoms with E-state index in [1.807, 2.05) is 52.4 Å². The van der Waals surface area contributed by atoms with Crippen LogP contribution < -0.4 is 0 Å². The molecule has 4 heteroatoms. The highest BCUT2D eigenvalue weighted by atomic mass is 32.1. The van der Waals surface area contributed by atoms with Crippen molar-refractivity contribution in [2.45, 2.75) is 6.92 Å². The first kappa shape index (κ1) is 12.3. The third kappa shape index (κ3) is 1.80. The second-order valence-electron chi connectivity index (χ2n) is 4.94. The summed E-state index contributed by atoms with van der Waals surface area (Å²) in [5.41, 5.74) is 2.26. The number of benzene rings is 1. The third-order valence-electron chi connectivity index (χ3n) is 3.60. The van der Waals surface area contributed by atoms with Gasteiger partial charge in [-0.25, -0.2) is 4.98 Å². The number of nitrogens with zero attached hydrogens (tertiary/aromatic N) is 2. The summed E-state index contributed by atoms with van der Waals surface area (Å²) < 4.78 is 1.90. The largest absolute Gasteiger partial charge is 0.296 e. The second kappa shape index (κ2) is 4.53. The summed E-state index contributed by atoms with van der Waals surface area (Å²) in [5.74, 6) is 0.0289. The van der Waals surface area contributed by atoms with Crippen molar-refractivity contribution in [2.75, 3.05) is 0 Å². The number of hydrogen-bond donors (Lipinski definition) is 0. The van der Waals surface area contributed by atoms with E-state index in [9.17, 15) is 4.79 Å². The molecule has 0 amide bonds. The van der Waals surface area contributed by atoms with E-state index in [4.69, 9.17) is 4.98 Å². The highest BCUT2D eigenvalue weighted by Crippen LogP contribution is 2.31. The quantitative estimate of drug-likeness (QED) is 0.513. The van der Waals surface area contributed by atoms with Crippen LogP contribution in [0.4, 0.5) is 0 Å². The van der Waals surface area contributed by atoms with Crippen molar-refractivity contribution in [2.24, 2.45) is 0 Å². The number of aromatic nitrogens is 2. The zero-order chi connectivity index (χ0) is 14.4. The monoisotopic (exact) mass is 292 g/mol. The Morgan fingerprint density at radius 1 is 1.14 bits per heavy atom. The average molecular weight is 292 g/mol. The van der Waals surface area contributed by atoms with Crippen LogP contribution in [0.5, 0.6) is 0 Å². The normalized spacial score (nSPS) is 11.3. The van der Waals surface area contributed by atoms with Crippen molar-refractivity contribution in [1.82, 2.24) is 9.38 Å². The Balaban J connectivity index is 2.17. The molecule has 3 heterocycles. The first-order chi connectivity index (χ1) is 10.3. The van der Waals surface area contributed by atoms with Crippen molar-refractivity contribution >= 4 is 33.5 Å². The average Bonchev–Trinajstić information content (AvgIpc) is 3.13. The number of imidazole rings is 1. The first-order valence-electron chi connectivity index (χ1n) is 6.70. The van der Waals surface area contributed by atoms with Crippen molar-refractivity contribution in [3.05, 3.63) is 59.7 Å². The first-order valence-corrected chi connectivity index (χ1v) is 7.58. The summed E-state index contributed by atoms with van der Waals surface area (Å²) in [6, 6.07) is 14.1. The lowest BCUT2D eigenvalue weighted by molar-refractivity contribution is 0.101. The van der Waals surface area contributed by atoms with Gasteiger partial charge in [-0.3, -0.25) is 9.20 Å². The molecule has 0 radical (unpaired) electrons. The predicted octanol–water partition coefficient (Wildman–Crippen LogP) is 4.42. The molecule has 0 saturated carbocycles. The van der Waals surface area contributed by atoms with Crippen molar-refractivity contribution in [3.8, 4) is 10.6 Å². The van der Waals surface area contributed by atoms with Gasteiger partial charge in [-0.05, 0) is 22.9 Å². The maximum absolute atomic E-state index is 12.1. The molecule has 0 unspecified atom stereocenters. The van der Waals surface area contributed by atoms with E-state index in [0.717, 1.165) is 27.0 Å². The van der Waals surface area contributed by atoms with Gasteiger partial charge in [0.15, 0.2) is 5.78 Å². The molecule has 21 heavy (non-hydrogen) atoms. The molecule has 0 saturated heterocycles. The number of pyridine rings is 1. The van der Waals surface area contributed by atoms with Crippen LogP contribution in [-0.2, 0) is 0 Å². The standard InChI is InChI=1S/C17H12N2OS/c1-11(20)16-15(14-7-4-10-21-14)18-17-13-6-3-2-5-12(13)8-9-19(16)17/h2-10H,1H3. The number of carbonyl (C=O) groups is 1. The van der Waals surface area contributed by atoms with Gasteiger partial charge in [0.05, 0.1) is 4.88 Å². The molecule has 0 aliphatic rings. The molecule has 4 aromatic rings. The summed E-state index contributed by atoms with van der Waals surface area (Å²) in [4.78, 5) is 17.9. The highest BCUT2D eigenvalue weighted by Gasteiger charge is 2.19. The Hall–Kier alpha value is -2.46. The van der Waals surface area contributed by atoms with E-state index < -0.39 is 0 Å². The summed E-state index contributed by atoms with van der Waals surface area (Å²) in [5, 5.41) is 4.19. The zero-order valence-electron chi connectivity index (χ0n) is 11.4. The number of hydrogen-bond acceptors (Lipinski definition) is 3. The van der Waals surface area contributed by atoms with E-state index in [1.165, 1.54) is 0 Å². The SMILES string of the molecule is CC(=O)c1c(-c2cccs2)nc2c3ccccc3ccn12. The lowest BCUT2D eigenvalue weighted by Gasteiger charge is -2.02. The van der Waals surface area contributed by atoms with E-state index in [0.29, 0.717) is 5.69 Å². The lowest BCUT2D eigenvalue weighted by Crippen LogP contribution is -2.00. The van der Waals surface area contributed by atoms with Crippen molar-refractivity contribution in [3.63, 3.8) is 0 Å². The minimum absolute atomic E-state index is 0.0289. The maximum atomic E-state index is 12.1. The van der Waals surface area contributed by atoms with Crippen molar-refractivity contribution < 1.29 is 4.79 Å². The molecule has 0 atom stereocenters. The summed E-state index contributed by atoms with van der Waals surface area (Å²) in [6.07, 6.45) is 1.93. The molecule has 3 aromatic heterocycles. The van der Waals surface area contributed by atoms with Gasteiger partial charge in [0, 0.05) is 18.5 Å². The van der Waals surface area contributed by atoms with Crippen LogP contribution in [0.1, 0.15) is 17.4 Å². The van der Waals surface area contributed by atoms with Crippen LogP contribution >= 0.6 is 11.3 Å². The Labute approximate surface area is 125 Å². The fourth-order valence-corrected chi connectivity index (χ4v) is 3.40. The van der Waals surface area contributed by atoms with E-state index in [2.05, 4.69) is 6.07 Å². The van der Waals surface area contributed by atoms with Gasteiger partial charge in [0.1, 0.15) is 17.0 Å². The van der Waals surface area contributed by atoms with E-state index in [1.54, 1.807) is 18.3 Å². The molecule has 102 valence electrons. The minimum Gasteiger partial charge on any atom is -0.296 e. The van der Waals surface area contributed by atoms with Gasteiger partial charge in [-0.2, -0.15) is 0 Å². The molecule has 0 fully saturated rings. The zero-order valence-corrected chi connectivity index (χ0v) is 12.2. The second-order valence-corrected chi connectivity index (χ2v) is 5.89. The molecule has 0 aliphatic heterocycles. The Kier molecular flexibility index (Phi) is 2.65. The number of ketones is 1. The molecule has 0 spiro atoms. The Bertz CT molecular complexity index is 967. The van der Waals surface area contributed by atoms with Crippen LogP contribution in [0.15, 0.2) is 54.0 Å². The molecule has 3 nitrogen and oxygen atoms in total. The van der Waals surface area contributed by atoms with Gasteiger partial charge >= 0.3 is 0 Å². The molecule has 0 bridgehead atoms. The molecular weight excluding hydrogens is 280 g/mol. The highest BCUT2D eigenvalue weighted by molar-refractivity contribution is 7.13. The van der Waals surface area contributed by atoms with Gasteiger partial charge in [0.25, 0.3) is 0 Å². The smallest absolute Gasteiger partial charge is 0.178 e. The summed E-state index contributed by atoms with van der Waals surface area (Å²) in [6.45, 7) is 1.59. The number of rotatable bonds is 2. The van der Waals surface area contributed by atoms with Crippen LogP contribution in [0.25, 0.3) is 27.0 Å². The molecule has 0 aliphatic carbocycles. The fraction of sp³-hybridized carbons (Fsp3) is 0.0588. The summed E-state index contributed by atoms with van der Waals surface area (Å²) >= 11 is 1.60. The van der Waals surface area contributed by atoms with Crippen LogP contribution in [0.2, 0.25) is 0 Å². The van der Waals surface area contributed by atoms with Crippen molar-refractivity contribution in [1.29, 1.82) is 0 Å². The number of Topliss-reactive ketones (excluding diaryl/α,β-unsaturated/α-hetero) is 1. The number of thiophene rings is 1. The molecule has 1 aromatic carbocycles. The molecule has 0 N–H and O–H groups in total. The van der Waals surface area contributed by atoms with Crippen LogP contribution in [-0.4, -0.2) is 15.2 Å². The van der Waals surface area contributed by atoms with E-state index in [-0.39, 0.29) is 5.78 Å². The van der Waals surface area contributed by atoms with Gasteiger partial charge < -0.3 is 0 Å². The summed E-state index contributed by atoms with van der Waals surface area (Å²) in [7, 11) is 0. The topological polar surface area (TPSA) is 34.4 Å².